The molecular formula is C12H17NO4. The molecule has 17 heavy (non-hydrogen) atoms. The first-order chi connectivity index (χ1) is 8.00. The highest BCUT2D eigenvalue weighted by Gasteiger charge is 2.45. The predicted octanol–water partition coefficient (Wildman–Crippen LogP) is -0.198. The Morgan fingerprint density at radius 3 is 2.88 bits per heavy atom. The average molecular weight is 239 g/mol. The van der Waals surface area contributed by atoms with E-state index in [0.29, 0.717) is 36.5 Å². The first kappa shape index (κ1) is 12.3. The molecule has 0 radical (unpaired) electrons. The minimum absolute atomic E-state index is 0.0244. The number of hydrogen-bond donors (Lipinski definition) is 2. The van der Waals surface area contributed by atoms with Gasteiger partial charge in [0.15, 0.2) is 5.78 Å². The molecule has 94 valence electrons. The van der Waals surface area contributed by atoms with Crippen molar-refractivity contribution in [2.24, 2.45) is 0 Å². The van der Waals surface area contributed by atoms with Crippen LogP contribution in [-0.2, 0) is 9.53 Å². The Morgan fingerprint density at radius 2 is 2.24 bits per heavy atom. The number of carbonyl (C=O) groups excluding carboxylic acids is 1. The van der Waals surface area contributed by atoms with Crippen LogP contribution in [0.5, 0.6) is 0 Å². The van der Waals surface area contributed by atoms with Gasteiger partial charge in [-0.3, -0.25) is 4.79 Å². The van der Waals surface area contributed by atoms with E-state index in [0.717, 1.165) is 0 Å². The van der Waals surface area contributed by atoms with Crippen LogP contribution in [0.1, 0.15) is 13.8 Å². The van der Waals surface area contributed by atoms with Gasteiger partial charge in [-0.1, -0.05) is 0 Å². The number of hydrogen-bond acceptors (Lipinski definition) is 5. The molecule has 1 atom stereocenters. The molecule has 1 heterocycles. The number of nitrogens with zero attached hydrogens (tertiary/aromatic N) is 1. The summed E-state index contributed by atoms with van der Waals surface area (Å²) in [5, 5.41) is 19.5. The third kappa shape index (κ3) is 1.80. The number of ether oxygens (including phenoxy) is 1. The second kappa shape index (κ2) is 4.25. The van der Waals surface area contributed by atoms with E-state index in [1.807, 2.05) is 0 Å². The Bertz CT molecular complexity index is 411. The van der Waals surface area contributed by atoms with Crippen molar-refractivity contribution in [3.63, 3.8) is 0 Å². The SMILES string of the molecule is CC1=C(C)C2(O)OCCN(CCO)C2=CC1=O. The van der Waals surface area contributed by atoms with Gasteiger partial charge in [-0.05, 0) is 19.4 Å². The summed E-state index contributed by atoms with van der Waals surface area (Å²) >= 11 is 0. The highest BCUT2D eigenvalue weighted by molar-refractivity contribution is 6.06. The molecule has 0 bridgehead atoms. The summed E-state index contributed by atoms with van der Waals surface area (Å²) in [6.07, 6.45) is 1.40. The number of ketones is 1. The zero-order valence-electron chi connectivity index (χ0n) is 10.1. The van der Waals surface area contributed by atoms with Gasteiger partial charge in [0.25, 0.3) is 0 Å². The van der Waals surface area contributed by atoms with Crippen molar-refractivity contribution in [2.75, 3.05) is 26.3 Å². The molecular weight excluding hydrogens is 222 g/mol. The fourth-order valence-corrected chi connectivity index (χ4v) is 2.23. The van der Waals surface area contributed by atoms with E-state index in [4.69, 9.17) is 9.84 Å². The maximum Gasteiger partial charge on any atom is 0.231 e. The van der Waals surface area contributed by atoms with Crippen LogP contribution in [0.4, 0.5) is 0 Å². The van der Waals surface area contributed by atoms with Crippen LogP contribution in [0.25, 0.3) is 0 Å². The van der Waals surface area contributed by atoms with Gasteiger partial charge in [0, 0.05) is 24.7 Å². The Kier molecular flexibility index (Phi) is 3.07. The van der Waals surface area contributed by atoms with E-state index < -0.39 is 5.79 Å². The van der Waals surface area contributed by atoms with Crippen molar-refractivity contribution in [3.05, 3.63) is 22.9 Å². The van der Waals surface area contributed by atoms with Crippen molar-refractivity contribution in [2.45, 2.75) is 19.6 Å². The first-order valence-corrected chi connectivity index (χ1v) is 5.67. The molecule has 0 aromatic heterocycles. The number of aliphatic hydroxyl groups is 2. The van der Waals surface area contributed by atoms with Gasteiger partial charge in [0.1, 0.15) is 0 Å². The van der Waals surface area contributed by atoms with E-state index in [2.05, 4.69) is 0 Å². The molecule has 0 saturated carbocycles. The highest BCUT2D eigenvalue weighted by atomic mass is 16.6. The van der Waals surface area contributed by atoms with Crippen LogP contribution in [0, 0.1) is 0 Å². The maximum atomic E-state index is 11.8. The van der Waals surface area contributed by atoms with Crippen molar-refractivity contribution < 1.29 is 19.7 Å². The van der Waals surface area contributed by atoms with E-state index in [1.165, 1.54) is 6.08 Å². The van der Waals surface area contributed by atoms with Crippen LogP contribution in [-0.4, -0.2) is 53.0 Å². The molecule has 2 N–H and O–H groups in total. The molecule has 2 rings (SSSR count). The largest absolute Gasteiger partial charge is 0.395 e. The fraction of sp³-hybridized carbons (Fsp3) is 0.583. The molecule has 1 unspecified atom stereocenters. The summed E-state index contributed by atoms with van der Waals surface area (Å²) in [5.74, 6) is -1.62. The molecule has 5 heteroatoms. The second-order valence-corrected chi connectivity index (χ2v) is 4.35. The minimum atomic E-state index is -1.51. The molecule has 1 saturated heterocycles. The van der Waals surface area contributed by atoms with E-state index >= 15 is 0 Å². The number of fused-ring (bicyclic) bond motifs is 1. The number of allylic oxidation sites excluding steroid dienone is 2. The summed E-state index contributed by atoms with van der Waals surface area (Å²) in [4.78, 5) is 13.6. The summed E-state index contributed by atoms with van der Waals surface area (Å²) in [5.41, 5.74) is 1.48. The van der Waals surface area contributed by atoms with Crippen molar-refractivity contribution in [3.8, 4) is 0 Å². The Hall–Kier alpha value is -1.17. The molecule has 2 aliphatic rings. The number of carbonyl (C=O) groups is 1. The molecule has 0 aromatic carbocycles. The van der Waals surface area contributed by atoms with Gasteiger partial charge in [-0.2, -0.15) is 0 Å². The molecule has 1 aliphatic carbocycles. The van der Waals surface area contributed by atoms with Crippen LogP contribution in [0.3, 0.4) is 0 Å². The Balaban J connectivity index is 2.42. The van der Waals surface area contributed by atoms with Gasteiger partial charge in [0.05, 0.1) is 18.9 Å². The summed E-state index contributed by atoms with van der Waals surface area (Å²) in [6.45, 7) is 4.67. The number of aliphatic hydroxyl groups excluding tert-OH is 1. The lowest BCUT2D eigenvalue weighted by Gasteiger charge is -2.44. The quantitative estimate of drug-likeness (QED) is 0.698. The lowest BCUT2D eigenvalue weighted by atomic mass is 9.89. The van der Waals surface area contributed by atoms with Gasteiger partial charge in [-0.15, -0.1) is 0 Å². The first-order valence-electron chi connectivity index (χ1n) is 5.67. The molecule has 1 aliphatic heterocycles. The Labute approximate surface area is 100.0 Å². The Morgan fingerprint density at radius 1 is 1.53 bits per heavy atom. The number of rotatable bonds is 2. The summed E-state index contributed by atoms with van der Waals surface area (Å²) in [7, 11) is 0. The maximum absolute atomic E-state index is 11.8. The topological polar surface area (TPSA) is 70.0 Å². The summed E-state index contributed by atoms with van der Waals surface area (Å²) < 4.78 is 5.43. The summed E-state index contributed by atoms with van der Waals surface area (Å²) in [6, 6.07) is 0. The molecule has 0 spiro atoms. The van der Waals surface area contributed by atoms with Gasteiger partial charge in [0.2, 0.25) is 5.79 Å². The standard InChI is InChI=1S/C12H17NO4/c1-8-9(2)12(16)11(7-10(8)15)13(3-5-14)4-6-17-12/h7,14,16H,3-6H2,1-2H3. The molecule has 5 nitrogen and oxygen atoms in total. The van der Waals surface area contributed by atoms with Crippen molar-refractivity contribution in [1.82, 2.24) is 4.90 Å². The molecule has 0 aromatic rings. The van der Waals surface area contributed by atoms with Crippen LogP contribution < -0.4 is 0 Å². The van der Waals surface area contributed by atoms with Crippen molar-refractivity contribution >= 4 is 5.78 Å². The predicted molar refractivity (Wildman–Crippen MR) is 61.0 cm³/mol. The molecule has 1 fully saturated rings. The fourth-order valence-electron chi connectivity index (χ4n) is 2.23. The zero-order chi connectivity index (χ0) is 12.6. The smallest absolute Gasteiger partial charge is 0.231 e. The van der Waals surface area contributed by atoms with Crippen molar-refractivity contribution in [1.29, 1.82) is 0 Å². The zero-order valence-corrected chi connectivity index (χ0v) is 10.1. The minimum Gasteiger partial charge on any atom is -0.395 e. The number of β-amino-alcohol motifs (C(OH)–C–C–N with tert-alkyl or cyclic N) is 1. The van der Waals surface area contributed by atoms with Crippen LogP contribution >= 0.6 is 0 Å². The lowest BCUT2D eigenvalue weighted by Crippen LogP contribution is -2.53. The van der Waals surface area contributed by atoms with E-state index in [9.17, 15) is 9.90 Å². The lowest BCUT2D eigenvalue weighted by molar-refractivity contribution is -0.186. The molecule has 0 amide bonds. The van der Waals surface area contributed by atoms with E-state index in [1.54, 1.807) is 18.7 Å². The average Bonchev–Trinajstić information content (AvgIpc) is 2.30. The highest BCUT2D eigenvalue weighted by Crippen LogP contribution is 2.37. The van der Waals surface area contributed by atoms with Crippen LogP contribution in [0.2, 0.25) is 0 Å². The number of morpholine rings is 1. The van der Waals surface area contributed by atoms with E-state index in [-0.39, 0.29) is 12.4 Å². The van der Waals surface area contributed by atoms with Crippen LogP contribution in [0.15, 0.2) is 22.9 Å². The normalized spacial score (nSPS) is 29.3. The van der Waals surface area contributed by atoms with Gasteiger partial charge >= 0.3 is 0 Å². The van der Waals surface area contributed by atoms with Gasteiger partial charge < -0.3 is 19.8 Å². The second-order valence-electron chi connectivity index (χ2n) is 4.35. The third-order valence-electron chi connectivity index (χ3n) is 3.44. The third-order valence-corrected chi connectivity index (χ3v) is 3.44. The van der Waals surface area contributed by atoms with Gasteiger partial charge in [-0.25, -0.2) is 0 Å². The monoisotopic (exact) mass is 239 g/mol.